The largest absolute Gasteiger partial charge is 0.349 e. The summed E-state index contributed by atoms with van der Waals surface area (Å²) in [4.78, 5) is 27.0. The third kappa shape index (κ3) is 3.35. The molecule has 0 spiro atoms. The third-order valence-electron chi connectivity index (χ3n) is 4.41. The molecule has 1 N–H and O–H groups in total. The number of anilines is 1. The molecule has 1 aliphatic heterocycles. The number of amides is 2. The van der Waals surface area contributed by atoms with E-state index in [-0.39, 0.29) is 23.6 Å². The van der Waals surface area contributed by atoms with Crippen LogP contribution in [-0.4, -0.2) is 27.8 Å². The molecule has 0 saturated heterocycles. The van der Waals surface area contributed by atoms with Crippen LogP contribution in [0.25, 0.3) is 0 Å². The molecule has 2 amide bonds. The molecule has 0 bridgehead atoms. The third-order valence-corrected chi connectivity index (χ3v) is 5.75. The van der Waals surface area contributed by atoms with E-state index in [2.05, 4.69) is 5.32 Å². The molecular weight excluding hydrogens is 336 g/mol. The van der Waals surface area contributed by atoms with Crippen LogP contribution >= 0.6 is 0 Å². The fourth-order valence-corrected chi connectivity index (χ4v) is 4.06. The molecule has 0 aromatic heterocycles. The highest BCUT2D eigenvalue weighted by Crippen LogP contribution is 2.31. The molecule has 4 rings (SSSR count). The molecule has 5 nitrogen and oxygen atoms in total. The Balaban J connectivity index is 1.69. The number of hydrogen-bond donors (Lipinski definition) is 1. The van der Waals surface area contributed by atoms with E-state index in [1.807, 2.05) is 30.3 Å². The number of carbonyl (C=O) groups is 2. The summed E-state index contributed by atoms with van der Waals surface area (Å²) in [6.07, 6.45) is 2.03. The lowest BCUT2D eigenvalue weighted by atomic mass is 10.1. The molecule has 2 aliphatic rings. The second-order valence-corrected chi connectivity index (χ2v) is 7.81. The van der Waals surface area contributed by atoms with E-state index in [1.165, 1.54) is 0 Å². The van der Waals surface area contributed by atoms with Crippen molar-refractivity contribution in [3.8, 4) is 0 Å². The van der Waals surface area contributed by atoms with E-state index in [9.17, 15) is 13.8 Å². The van der Waals surface area contributed by atoms with Gasteiger partial charge < -0.3 is 10.2 Å². The van der Waals surface area contributed by atoms with Crippen LogP contribution < -0.4 is 10.2 Å². The SMILES string of the molecule is O=C(NC1CC1)c1ccc2c(c1)N(Cc1ccccc1)C(=O)CS2=O. The summed E-state index contributed by atoms with van der Waals surface area (Å²) in [6, 6.07) is 15.0. The normalized spacial score (nSPS) is 19.4. The van der Waals surface area contributed by atoms with Crippen molar-refractivity contribution in [3.05, 3.63) is 59.7 Å². The highest BCUT2D eigenvalue weighted by molar-refractivity contribution is 7.86. The molecule has 1 heterocycles. The zero-order chi connectivity index (χ0) is 17.4. The fourth-order valence-electron chi connectivity index (χ4n) is 2.90. The minimum absolute atomic E-state index is 0.0204. The summed E-state index contributed by atoms with van der Waals surface area (Å²) in [5, 5.41) is 2.95. The summed E-state index contributed by atoms with van der Waals surface area (Å²) in [6.45, 7) is 0.400. The number of nitrogens with zero attached hydrogens (tertiary/aromatic N) is 1. The predicted octanol–water partition coefficient (Wildman–Crippen LogP) is 2.23. The number of rotatable bonds is 4. The Hall–Kier alpha value is -2.47. The first-order valence-corrected chi connectivity index (χ1v) is 9.61. The van der Waals surface area contributed by atoms with Crippen LogP contribution in [0.5, 0.6) is 0 Å². The average molecular weight is 354 g/mol. The highest BCUT2D eigenvalue weighted by Gasteiger charge is 2.30. The molecule has 2 aromatic rings. The van der Waals surface area contributed by atoms with Crippen molar-refractivity contribution in [2.45, 2.75) is 30.3 Å². The molecule has 1 atom stereocenters. The maximum atomic E-state index is 12.5. The van der Waals surface area contributed by atoms with Gasteiger partial charge in [-0.25, -0.2) is 0 Å². The minimum atomic E-state index is -1.37. The van der Waals surface area contributed by atoms with Crippen LogP contribution in [0.15, 0.2) is 53.4 Å². The first kappa shape index (κ1) is 16.0. The van der Waals surface area contributed by atoms with Crippen LogP contribution in [-0.2, 0) is 22.1 Å². The van der Waals surface area contributed by atoms with Gasteiger partial charge in [0.05, 0.1) is 27.9 Å². The molecule has 2 aromatic carbocycles. The average Bonchev–Trinajstić information content (AvgIpc) is 3.43. The molecule has 1 saturated carbocycles. The van der Waals surface area contributed by atoms with Gasteiger partial charge in [-0.1, -0.05) is 30.3 Å². The standard InChI is InChI=1S/C19H18N2O3S/c22-18-12-25(24)17-9-6-14(19(23)20-15-7-8-15)10-16(17)21(18)11-13-4-2-1-3-5-13/h1-6,9-10,15H,7-8,11-12H2,(H,20,23). The smallest absolute Gasteiger partial charge is 0.251 e. The Morgan fingerprint density at radius 1 is 1.16 bits per heavy atom. The zero-order valence-corrected chi connectivity index (χ0v) is 14.4. The Kier molecular flexibility index (Phi) is 4.13. The van der Waals surface area contributed by atoms with Gasteiger partial charge in [-0.3, -0.25) is 13.8 Å². The van der Waals surface area contributed by atoms with Gasteiger partial charge in [0.1, 0.15) is 5.75 Å². The quantitative estimate of drug-likeness (QED) is 0.916. The molecule has 25 heavy (non-hydrogen) atoms. The number of hydrogen-bond acceptors (Lipinski definition) is 3. The Labute approximate surface area is 148 Å². The van der Waals surface area contributed by atoms with Gasteiger partial charge in [-0.15, -0.1) is 0 Å². The van der Waals surface area contributed by atoms with Crippen molar-refractivity contribution in [1.82, 2.24) is 5.32 Å². The van der Waals surface area contributed by atoms with E-state index in [0.29, 0.717) is 22.7 Å². The minimum Gasteiger partial charge on any atom is -0.349 e. The molecule has 1 aliphatic carbocycles. The summed E-state index contributed by atoms with van der Waals surface area (Å²) in [5.41, 5.74) is 2.06. The van der Waals surface area contributed by atoms with Gasteiger partial charge in [-0.2, -0.15) is 0 Å². The molecule has 1 unspecified atom stereocenters. The second kappa shape index (κ2) is 6.44. The topological polar surface area (TPSA) is 66.5 Å². The van der Waals surface area contributed by atoms with Gasteiger partial charge in [0.15, 0.2) is 0 Å². The summed E-state index contributed by atoms with van der Waals surface area (Å²) in [7, 11) is -1.37. The van der Waals surface area contributed by atoms with Gasteiger partial charge in [-0.05, 0) is 36.6 Å². The van der Waals surface area contributed by atoms with Crippen molar-refractivity contribution in [1.29, 1.82) is 0 Å². The number of fused-ring (bicyclic) bond motifs is 1. The molecule has 6 heteroatoms. The van der Waals surface area contributed by atoms with Crippen LogP contribution in [0.1, 0.15) is 28.8 Å². The predicted molar refractivity (Wildman–Crippen MR) is 95.8 cm³/mol. The summed E-state index contributed by atoms with van der Waals surface area (Å²) < 4.78 is 12.3. The molecule has 128 valence electrons. The van der Waals surface area contributed by atoms with Crippen molar-refractivity contribution >= 4 is 28.3 Å². The van der Waals surface area contributed by atoms with Crippen LogP contribution in [0, 0.1) is 0 Å². The van der Waals surface area contributed by atoms with Crippen molar-refractivity contribution in [3.63, 3.8) is 0 Å². The monoisotopic (exact) mass is 354 g/mol. The maximum Gasteiger partial charge on any atom is 0.251 e. The van der Waals surface area contributed by atoms with Gasteiger partial charge in [0.2, 0.25) is 5.91 Å². The highest BCUT2D eigenvalue weighted by atomic mass is 32.2. The molecular formula is C19H18N2O3S. The lowest BCUT2D eigenvalue weighted by Crippen LogP contribution is -2.38. The molecule has 1 fully saturated rings. The van der Waals surface area contributed by atoms with Crippen LogP contribution in [0.4, 0.5) is 5.69 Å². The number of nitrogens with one attached hydrogen (secondary N) is 1. The first-order chi connectivity index (χ1) is 12.1. The molecule has 0 radical (unpaired) electrons. The Bertz CT molecular complexity index is 862. The Morgan fingerprint density at radius 2 is 1.92 bits per heavy atom. The fraction of sp³-hybridized carbons (Fsp3) is 0.263. The summed E-state index contributed by atoms with van der Waals surface area (Å²) >= 11 is 0. The van der Waals surface area contributed by atoms with Gasteiger partial charge in [0, 0.05) is 11.6 Å². The summed E-state index contributed by atoms with van der Waals surface area (Å²) in [5.74, 6) is -0.351. The maximum absolute atomic E-state index is 12.5. The number of carbonyl (C=O) groups excluding carboxylic acids is 2. The Morgan fingerprint density at radius 3 is 2.64 bits per heavy atom. The van der Waals surface area contributed by atoms with Crippen molar-refractivity contribution in [2.24, 2.45) is 0 Å². The van der Waals surface area contributed by atoms with E-state index < -0.39 is 10.8 Å². The van der Waals surface area contributed by atoms with E-state index in [0.717, 1.165) is 18.4 Å². The lowest BCUT2D eigenvalue weighted by Gasteiger charge is -2.29. The van der Waals surface area contributed by atoms with Crippen LogP contribution in [0.2, 0.25) is 0 Å². The van der Waals surface area contributed by atoms with Crippen LogP contribution in [0.3, 0.4) is 0 Å². The zero-order valence-electron chi connectivity index (χ0n) is 13.6. The first-order valence-electron chi connectivity index (χ1n) is 8.29. The second-order valence-electron chi connectivity index (χ2n) is 6.39. The van der Waals surface area contributed by atoms with E-state index in [4.69, 9.17) is 0 Å². The van der Waals surface area contributed by atoms with Crippen molar-refractivity contribution in [2.75, 3.05) is 10.7 Å². The van der Waals surface area contributed by atoms with E-state index >= 15 is 0 Å². The van der Waals surface area contributed by atoms with Crippen molar-refractivity contribution < 1.29 is 13.8 Å². The van der Waals surface area contributed by atoms with Gasteiger partial charge >= 0.3 is 0 Å². The van der Waals surface area contributed by atoms with E-state index in [1.54, 1.807) is 23.1 Å². The lowest BCUT2D eigenvalue weighted by molar-refractivity contribution is -0.116. The van der Waals surface area contributed by atoms with Gasteiger partial charge in [0.25, 0.3) is 5.91 Å². The number of benzene rings is 2.